The summed E-state index contributed by atoms with van der Waals surface area (Å²) >= 11 is 2.84. The van der Waals surface area contributed by atoms with Crippen LogP contribution in [0.2, 0.25) is 0 Å². The maximum atomic E-state index is 14.5. The number of carbonyl (C=O) groups is 1. The number of nitrogens with one attached hydrogen (secondary N) is 1. The van der Waals surface area contributed by atoms with Crippen molar-refractivity contribution >= 4 is 49.9 Å². The summed E-state index contributed by atoms with van der Waals surface area (Å²) in [5.74, 6) is -0.372. The van der Waals surface area contributed by atoms with Crippen molar-refractivity contribution in [1.82, 2.24) is 29.7 Å². The van der Waals surface area contributed by atoms with Crippen LogP contribution in [-0.4, -0.2) is 68.4 Å². The normalized spacial score (nSPS) is 14.7. The first-order valence-electron chi connectivity index (χ1n) is 10.6. The van der Waals surface area contributed by atoms with Crippen LogP contribution >= 0.6 is 22.7 Å². The zero-order valence-electron chi connectivity index (χ0n) is 18.2. The maximum Gasteiger partial charge on any atom is 0.273 e. The van der Waals surface area contributed by atoms with Crippen molar-refractivity contribution in [2.45, 2.75) is 13.8 Å². The summed E-state index contributed by atoms with van der Waals surface area (Å²) in [7, 11) is 0. The van der Waals surface area contributed by atoms with Gasteiger partial charge < -0.3 is 15.1 Å². The molecule has 1 amide bonds. The second-order valence-electron chi connectivity index (χ2n) is 7.69. The predicted octanol–water partition coefficient (Wildman–Crippen LogP) is 4.18. The molecule has 11 heteroatoms. The van der Waals surface area contributed by atoms with Crippen LogP contribution in [0.3, 0.4) is 0 Å². The van der Waals surface area contributed by atoms with Crippen LogP contribution in [-0.2, 0) is 0 Å². The molecular weight excluding hydrogens is 461 g/mol. The van der Waals surface area contributed by atoms with Crippen LogP contribution in [0.1, 0.15) is 22.4 Å². The lowest BCUT2D eigenvalue weighted by atomic mass is 10.1. The zero-order valence-corrected chi connectivity index (χ0v) is 19.8. The van der Waals surface area contributed by atoms with E-state index in [9.17, 15) is 9.18 Å². The minimum absolute atomic E-state index is 0.0797. The average Bonchev–Trinajstić information content (AvgIpc) is 3.45. The molecule has 1 fully saturated rings. The van der Waals surface area contributed by atoms with Crippen molar-refractivity contribution in [2.75, 3.05) is 38.0 Å². The van der Waals surface area contributed by atoms with Gasteiger partial charge in [-0.2, -0.15) is 0 Å². The van der Waals surface area contributed by atoms with Crippen molar-refractivity contribution in [3.05, 3.63) is 46.3 Å². The largest absolute Gasteiger partial charge is 0.335 e. The molecule has 5 rings (SSSR count). The highest BCUT2D eigenvalue weighted by Crippen LogP contribution is 2.29. The Morgan fingerprint density at radius 3 is 2.79 bits per heavy atom. The highest BCUT2D eigenvalue weighted by atomic mass is 32.1. The number of piperazine rings is 1. The van der Waals surface area contributed by atoms with Crippen molar-refractivity contribution in [2.24, 2.45) is 0 Å². The van der Waals surface area contributed by atoms with E-state index in [1.807, 2.05) is 24.0 Å². The minimum atomic E-state index is -0.512. The van der Waals surface area contributed by atoms with E-state index in [-0.39, 0.29) is 17.5 Å². The van der Waals surface area contributed by atoms with E-state index in [0.717, 1.165) is 41.1 Å². The van der Waals surface area contributed by atoms with Gasteiger partial charge in [0.25, 0.3) is 5.91 Å². The molecule has 4 heterocycles. The Morgan fingerprint density at radius 1 is 1.18 bits per heavy atom. The number of aryl methyl sites for hydroxylation is 1. The number of nitrogens with zero attached hydrogens (tertiary/aromatic N) is 6. The number of halogens is 1. The smallest absolute Gasteiger partial charge is 0.273 e. The lowest BCUT2D eigenvalue weighted by molar-refractivity contribution is 0.0638. The summed E-state index contributed by atoms with van der Waals surface area (Å²) in [4.78, 5) is 34.2. The molecule has 3 aromatic heterocycles. The lowest BCUT2D eigenvalue weighted by Crippen LogP contribution is -2.48. The summed E-state index contributed by atoms with van der Waals surface area (Å²) in [5, 5.41) is 6.17. The van der Waals surface area contributed by atoms with Gasteiger partial charge in [0, 0.05) is 37.1 Å². The summed E-state index contributed by atoms with van der Waals surface area (Å²) in [5.41, 5.74) is 2.11. The summed E-state index contributed by atoms with van der Waals surface area (Å²) < 4.78 is 15.5. The van der Waals surface area contributed by atoms with Crippen LogP contribution in [0.15, 0.2) is 29.8 Å². The first kappa shape index (κ1) is 21.8. The van der Waals surface area contributed by atoms with Crippen LogP contribution in [0, 0.1) is 12.7 Å². The molecule has 0 radical (unpaired) electrons. The predicted molar refractivity (Wildman–Crippen MR) is 129 cm³/mol. The lowest BCUT2D eigenvalue weighted by Gasteiger charge is -2.33. The number of hydrogen-bond donors (Lipinski definition) is 1. The van der Waals surface area contributed by atoms with Crippen LogP contribution in [0.25, 0.3) is 21.5 Å². The van der Waals surface area contributed by atoms with Crippen molar-refractivity contribution < 1.29 is 9.18 Å². The van der Waals surface area contributed by atoms with Gasteiger partial charge in [-0.05, 0) is 25.6 Å². The van der Waals surface area contributed by atoms with Gasteiger partial charge >= 0.3 is 0 Å². The quantitative estimate of drug-likeness (QED) is 0.456. The Bertz CT molecular complexity index is 1310. The van der Waals surface area contributed by atoms with Crippen LogP contribution < -0.4 is 5.32 Å². The molecule has 0 bridgehead atoms. The Kier molecular flexibility index (Phi) is 6.00. The van der Waals surface area contributed by atoms with Gasteiger partial charge in [0.05, 0.1) is 21.4 Å². The van der Waals surface area contributed by atoms with Gasteiger partial charge in [-0.3, -0.25) is 4.79 Å². The standard InChI is InChI=1S/C22H22FN7OS2/c1-3-29-6-8-30(9-7-29)20(31)17-12-32-22(26-17)28-21-24-11-15(23)19(27-21)14-4-5-16-18(10-14)33-13(2)25-16/h4-5,10-12H,3,6-9H2,1-2H3,(H,24,26,27,28). The average molecular weight is 484 g/mol. The second kappa shape index (κ2) is 9.08. The number of hydrogen-bond acceptors (Lipinski definition) is 9. The number of likely N-dealkylation sites (N-methyl/N-ethyl adjacent to an activating group) is 1. The van der Waals surface area contributed by atoms with E-state index in [2.05, 4.69) is 37.1 Å². The number of amides is 1. The van der Waals surface area contributed by atoms with Gasteiger partial charge in [-0.15, -0.1) is 22.7 Å². The van der Waals surface area contributed by atoms with E-state index in [1.165, 1.54) is 11.3 Å². The Morgan fingerprint density at radius 2 is 2.00 bits per heavy atom. The number of carbonyl (C=O) groups excluding carboxylic acids is 1. The van der Waals surface area contributed by atoms with Crippen molar-refractivity contribution in [1.29, 1.82) is 0 Å². The third kappa shape index (κ3) is 4.56. The van der Waals surface area contributed by atoms with Gasteiger partial charge in [-0.1, -0.05) is 13.0 Å². The molecule has 0 spiro atoms. The monoisotopic (exact) mass is 483 g/mol. The third-order valence-corrected chi connectivity index (χ3v) is 7.25. The first-order chi connectivity index (χ1) is 16.0. The summed E-state index contributed by atoms with van der Waals surface area (Å²) in [6.07, 6.45) is 1.14. The maximum absolute atomic E-state index is 14.5. The highest BCUT2D eigenvalue weighted by Gasteiger charge is 2.23. The molecular formula is C22H22FN7OS2. The summed E-state index contributed by atoms with van der Waals surface area (Å²) in [6, 6.07) is 5.55. The first-order valence-corrected chi connectivity index (χ1v) is 12.3. The van der Waals surface area contributed by atoms with E-state index in [1.54, 1.807) is 22.8 Å². The van der Waals surface area contributed by atoms with Crippen LogP contribution in [0.5, 0.6) is 0 Å². The molecule has 1 aliphatic rings. The Hall–Kier alpha value is -3.02. The molecule has 0 unspecified atom stereocenters. The van der Waals surface area contributed by atoms with Gasteiger partial charge in [0.1, 0.15) is 11.4 Å². The van der Waals surface area contributed by atoms with Gasteiger partial charge in [0.2, 0.25) is 5.95 Å². The SMILES string of the molecule is CCN1CCN(C(=O)c2csc(Nc3ncc(F)c(-c4ccc5nc(C)sc5c4)n3)n2)CC1. The zero-order chi connectivity index (χ0) is 22.9. The molecule has 1 aromatic carbocycles. The minimum Gasteiger partial charge on any atom is -0.335 e. The molecule has 33 heavy (non-hydrogen) atoms. The summed E-state index contributed by atoms with van der Waals surface area (Å²) in [6.45, 7) is 8.19. The molecule has 170 valence electrons. The van der Waals surface area contributed by atoms with Gasteiger partial charge in [0.15, 0.2) is 10.9 Å². The molecule has 1 N–H and O–H groups in total. The fourth-order valence-corrected chi connectivity index (χ4v) is 5.32. The third-order valence-electron chi connectivity index (χ3n) is 5.56. The number of rotatable bonds is 5. The van der Waals surface area contributed by atoms with E-state index >= 15 is 0 Å². The van der Waals surface area contributed by atoms with Crippen molar-refractivity contribution in [3.63, 3.8) is 0 Å². The fourth-order valence-electron chi connectivity index (χ4n) is 3.77. The molecule has 0 aliphatic carbocycles. The molecule has 0 saturated carbocycles. The molecule has 1 saturated heterocycles. The number of fused-ring (bicyclic) bond motifs is 1. The molecule has 8 nitrogen and oxygen atoms in total. The second-order valence-corrected chi connectivity index (χ2v) is 9.79. The highest BCUT2D eigenvalue weighted by molar-refractivity contribution is 7.18. The fraction of sp³-hybridized carbons (Fsp3) is 0.318. The topological polar surface area (TPSA) is 87.1 Å². The number of aromatic nitrogens is 4. The number of benzene rings is 1. The van der Waals surface area contributed by atoms with Crippen molar-refractivity contribution in [3.8, 4) is 11.3 Å². The van der Waals surface area contributed by atoms with E-state index in [0.29, 0.717) is 29.5 Å². The molecule has 1 aliphatic heterocycles. The molecule has 4 aromatic rings. The van der Waals surface area contributed by atoms with E-state index in [4.69, 9.17) is 0 Å². The molecule has 0 atom stereocenters. The van der Waals surface area contributed by atoms with E-state index < -0.39 is 5.82 Å². The van der Waals surface area contributed by atoms with Gasteiger partial charge in [-0.25, -0.2) is 24.3 Å². The number of anilines is 2. The van der Waals surface area contributed by atoms with Crippen LogP contribution in [0.4, 0.5) is 15.5 Å². The Labute approximate surface area is 198 Å². The Balaban J connectivity index is 1.33. The number of thiazole rings is 2.